The van der Waals surface area contributed by atoms with Crippen molar-refractivity contribution in [2.24, 2.45) is 0 Å². The van der Waals surface area contributed by atoms with Gasteiger partial charge in [0.05, 0.1) is 24.2 Å². The number of amides is 1. The van der Waals surface area contributed by atoms with Crippen molar-refractivity contribution < 1.29 is 17.9 Å². The van der Waals surface area contributed by atoms with Crippen LogP contribution in [0, 0.1) is 0 Å². The lowest BCUT2D eigenvalue weighted by Crippen LogP contribution is -2.44. The van der Waals surface area contributed by atoms with E-state index in [-0.39, 0.29) is 17.8 Å². The van der Waals surface area contributed by atoms with E-state index >= 15 is 0 Å². The van der Waals surface area contributed by atoms with Gasteiger partial charge in [0, 0.05) is 25.2 Å². The monoisotopic (exact) mass is 324 g/mol. The second-order valence-electron chi connectivity index (χ2n) is 5.72. The van der Waals surface area contributed by atoms with Crippen molar-refractivity contribution in [1.82, 2.24) is 4.90 Å². The molecule has 2 saturated heterocycles. The van der Waals surface area contributed by atoms with E-state index in [1.165, 1.54) is 4.31 Å². The average Bonchev–Trinajstić information content (AvgIpc) is 2.86. The van der Waals surface area contributed by atoms with Crippen LogP contribution in [0.2, 0.25) is 0 Å². The third kappa shape index (κ3) is 2.96. The molecule has 2 heterocycles. The van der Waals surface area contributed by atoms with Crippen molar-refractivity contribution in [3.63, 3.8) is 0 Å². The van der Waals surface area contributed by atoms with Crippen LogP contribution in [0.3, 0.4) is 0 Å². The molecule has 1 unspecified atom stereocenters. The third-order valence-electron chi connectivity index (χ3n) is 4.01. The molecule has 6 nitrogen and oxygen atoms in total. The molecule has 1 atom stereocenters. The highest BCUT2D eigenvalue weighted by atomic mass is 32.2. The first kappa shape index (κ1) is 15.3. The summed E-state index contributed by atoms with van der Waals surface area (Å²) in [6.07, 6.45) is 0.654. The summed E-state index contributed by atoms with van der Waals surface area (Å²) in [6.45, 7) is 4.08. The normalized spacial score (nSPS) is 24.5. The molecular weight excluding hydrogens is 304 g/mol. The molecule has 1 aromatic rings. The van der Waals surface area contributed by atoms with Crippen LogP contribution in [0.15, 0.2) is 24.3 Å². The van der Waals surface area contributed by atoms with E-state index in [0.29, 0.717) is 43.9 Å². The van der Waals surface area contributed by atoms with Gasteiger partial charge in [-0.1, -0.05) is 6.07 Å². The Labute approximate surface area is 130 Å². The SMILES string of the molecule is CC1CN(C(=O)c2cccc(N3CCCS3(=O)=O)c2)CCO1. The van der Waals surface area contributed by atoms with Crippen LogP contribution in [0.1, 0.15) is 23.7 Å². The number of nitrogens with zero attached hydrogens (tertiary/aromatic N) is 2. The zero-order valence-corrected chi connectivity index (χ0v) is 13.4. The van der Waals surface area contributed by atoms with Gasteiger partial charge in [-0.15, -0.1) is 0 Å². The van der Waals surface area contributed by atoms with E-state index in [1.54, 1.807) is 29.2 Å². The number of hydrogen-bond donors (Lipinski definition) is 0. The molecule has 7 heteroatoms. The van der Waals surface area contributed by atoms with Crippen LogP contribution >= 0.6 is 0 Å². The molecular formula is C15H20N2O4S. The summed E-state index contributed by atoms with van der Waals surface area (Å²) in [4.78, 5) is 14.3. The number of sulfonamides is 1. The maximum absolute atomic E-state index is 12.6. The lowest BCUT2D eigenvalue weighted by Gasteiger charge is -2.31. The number of carbonyl (C=O) groups excluding carboxylic acids is 1. The molecule has 1 aromatic carbocycles. The van der Waals surface area contributed by atoms with Gasteiger partial charge in [0.2, 0.25) is 10.0 Å². The Morgan fingerprint density at radius 1 is 1.32 bits per heavy atom. The first-order valence-electron chi connectivity index (χ1n) is 7.49. The van der Waals surface area contributed by atoms with Gasteiger partial charge in [0.1, 0.15) is 0 Å². The van der Waals surface area contributed by atoms with E-state index in [9.17, 15) is 13.2 Å². The molecule has 0 aromatic heterocycles. The molecule has 0 spiro atoms. The minimum absolute atomic E-state index is 0.0276. The standard InChI is InChI=1S/C15H20N2O4S/c1-12-11-16(7-8-21-12)15(18)13-4-2-5-14(10-13)17-6-3-9-22(17,19)20/h2,4-5,10,12H,3,6-9,11H2,1H3. The minimum atomic E-state index is -3.23. The topological polar surface area (TPSA) is 66.9 Å². The summed E-state index contributed by atoms with van der Waals surface area (Å²) >= 11 is 0. The number of carbonyl (C=O) groups is 1. The maximum Gasteiger partial charge on any atom is 0.254 e. The average molecular weight is 324 g/mol. The molecule has 22 heavy (non-hydrogen) atoms. The predicted octanol–water partition coefficient (Wildman–Crippen LogP) is 1.09. The number of ether oxygens (including phenoxy) is 1. The highest BCUT2D eigenvalue weighted by Crippen LogP contribution is 2.25. The van der Waals surface area contributed by atoms with Crippen LogP contribution in [0.4, 0.5) is 5.69 Å². The van der Waals surface area contributed by atoms with Gasteiger partial charge < -0.3 is 9.64 Å². The summed E-state index contributed by atoms with van der Waals surface area (Å²) < 4.78 is 30.8. The molecule has 1 amide bonds. The number of rotatable bonds is 2. The van der Waals surface area contributed by atoms with Crippen LogP contribution in [0.5, 0.6) is 0 Å². The molecule has 0 aliphatic carbocycles. The van der Waals surface area contributed by atoms with Gasteiger partial charge in [-0.3, -0.25) is 9.10 Å². The quantitative estimate of drug-likeness (QED) is 0.817. The van der Waals surface area contributed by atoms with E-state index in [2.05, 4.69) is 0 Å². The molecule has 2 aliphatic heterocycles. The second-order valence-corrected chi connectivity index (χ2v) is 7.74. The van der Waals surface area contributed by atoms with Crippen molar-refractivity contribution >= 4 is 21.6 Å². The van der Waals surface area contributed by atoms with Gasteiger partial charge in [-0.05, 0) is 31.5 Å². The summed E-state index contributed by atoms with van der Waals surface area (Å²) in [7, 11) is -3.23. The Bertz CT molecular complexity index is 674. The summed E-state index contributed by atoms with van der Waals surface area (Å²) in [5.41, 5.74) is 1.10. The molecule has 0 bridgehead atoms. The van der Waals surface area contributed by atoms with Crippen LogP contribution < -0.4 is 4.31 Å². The number of morpholine rings is 1. The van der Waals surface area contributed by atoms with Gasteiger partial charge in [-0.25, -0.2) is 8.42 Å². The number of anilines is 1. The zero-order valence-electron chi connectivity index (χ0n) is 12.6. The van der Waals surface area contributed by atoms with Crippen molar-refractivity contribution in [2.45, 2.75) is 19.4 Å². The molecule has 120 valence electrons. The molecule has 3 rings (SSSR count). The van der Waals surface area contributed by atoms with Crippen LogP contribution in [-0.4, -0.2) is 57.3 Å². The fraction of sp³-hybridized carbons (Fsp3) is 0.533. The summed E-state index contributed by atoms with van der Waals surface area (Å²) in [5, 5.41) is 0. The van der Waals surface area contributed by atoms with Crippen molar-refractivity contribution in [2.75, 3.05) is 36.3 Å². The van der Waals surface area contributed by atoms with Gasteiger partial charge in [0.25, 0.3) is 5.91 Å². The van der Waals surface area contributed by atoms with Gasteiger partial charge in [0.15, 0.2) is 0 Å². The second kappa shape index (κ2) is 5.89. The largest absolute Gasteiger partial charge is 0.375 e. The summed E-state index contributed by atoms with van der Waals surface area (Å²) in [5.74, 6) is 0.0974. The predicted molar refractivity (Wildman–Crippen MR) is 83.5 cm³/mol. The minimum Gasteiger partial charge on any atom is -0.375 e. The smallest absolute Gasteiger partial charge is 0.254 e. The number of benzene rings is 1. The molecule has 0 saturated carbocycles. The molecule has 2 fully saturated rings. The lowest BCUT2D eigenvalue weighted by molar-refractivity contribution is -0.0124. The van der Waals surface area contributed by atoms with E-state index < -0.39 is 10.0 Å². The highest BCUT2D eigenvalue weighted by molar-refractivity contribution is 7.93. The highest BCUT2D eigenvalue weighted by Gasteiger charge is 2.29. The zero-order chi connectivity index (χ0) is 15.7. The molecule has 0 radical (unpaired) electrons. The van der Waals surface area contributed by atoms with Gasteiger partial charge >= 0.3 is 0 Å². The van der Waals surface area contributed by atoms with Crippen molar-refractivity contribution in [3.05, 3.63) is 29.8 Å². The van der Waals surface area contributed by atoms with E-state index in [1.807, 2.05) is 6.92 Å². The van der Waals surface area contributed by atoms with E-state index in [4.69, 9.17) is 4.74 Å². The first-order valence-corrected chi connectivity index (χ1v) is 9.10. The number of hydrogen-bond acceptors (Lipinski definition) is 4. The fourth-order valence-corrected chi connectivity index (χ4v) is 4.47. The Balaban J connectivity index is 1.83. The Morgan fingerprint density at radius 3 is 2.82 bits per heavy atom. The van der Waals surface area contributed by atoms with E-state index in [0.717, 1.165) is 0 Å². The third-order valence-corrected chi connectivity index (χ3v) is 5.88. The molecule has 2 aliphatic rings. The maximum atomic E-state index is 12.6. The Hall–Kier alpha value is -1.60. The molecule has 0 N–H and O–H groups in total. The first-order chi connectivity index (χ1) is 10.5. The van der Waals surface area contributed by atoms with Crippen molar-refractivity contribution in [3.8, 4) is 0 Å². The lowest BCUT2D eigenvalue weighted by atomic mass is 10.1. The van der Waals surface area contributed by atoms with Crippen LogP contribution in [-0.2, 0) is 14.8 Å². The van der Waals surface area contributed by atoms with Crippen LogP contribution in [0.25, 0.3) is 0 Å². The fourth-order valence-electron chi connectivity index (χ4n) is 2.91. The Morgan fingerprint density at radius 2 is 2.14 bits per heavy atom. The Kier molecular flexibility index (Phi) is 4.10. The summed E-state index contributed by atoms with van der Waals surface area (Å²) in [6, 6.07) is 6.88. The van der Waals surface area contributed by atoms with Gasteiger partial charge in [-0.2, -0.15) is 0 Å². The van der Waals surface area contributed by atoms with Crippen molar-refractivity contribution in [1.29, 1.82) is 0 Å².